The van der Waals surface area contributed by atoms with Gasteiger partial charge in [-0.15, -0.1) is 0 Å². The minimum atomic E-state index is 0.280. The van der Waals surface area contributed by atoms with Crippen LogP contribution in [0.15, 0.2) is 18.2 Å². The molecule has 1 saturated carbocycles. The second-order valence-electron chi connectivity index (χ2n) is 6.24. The first-order valence-corrected chi connectivity index (χ1v) is 8.51. The molecule has 0 spiro atoms. The zero-order chi connectivity index (χ0) is 14.6. The van der Waals surface area contributed by atoms with Gasteiger partial charge < -0.3 is 5.32 Å². The van der Waals surface area contributed by atoms with E-state index < -0.39 is 0 Å². The van der Waals surface area contributed by atoms with Crippen LogP contribution in [0, 0.1) is 5.41 Å². The summed E-state index contributed by atoms with van der Waals surface area (Å²) in [5.41, 5.74) is 1.44. The topological polar surface area (TPSA) is 12.0 Å². The number of halogens is 2. The molecule has 3 heteroatoms. The minimum Gasteiger partial charge on any atom is -0.309 e. The molecule has 0 aliphatic heterocycles. The third kappa shape index (κ3) is 3.50. The van der Waals surface area contributed by atoms with Gasteiger partial charge in [0.1, 0.15) is 0 Å². The van der Waals surface area contributed by atoms with Crippen molar-refractivity contribution in [1.82, 2.24) is 5.32 Å². The maximum Gasteiger partial charge on any atom is 0.0640 e. The normalized spacial score (nSPS) is 19.8. The smallest absolute Gasteiger partial charge is 0.0640 e. The van der Waals surface area contributed by atoms with Crippen LogP contribution < -0.4 is 5.32 Å². The fourth-order valence-corrected chi connectivity index (χ4v) is 3.83. The molecule has 112 valence electrons. The molecule has 1 aliphatic rings. The fourth-order valence-electron chi connectivity index (χ4n) is 3.41. The molecule has 0 saturated heterocycles. The number of benzene rings is 1. The van der Waals surface area contributed by atoms with Gasteiger partial charge in [-0.1, -0.05) is 68.4 Å². The number of hydrogen-bond donors (Lipinski definition) is 1. The van der Waals surface area contributed by atoms with E-state index in [-0.39, 0.29) is 5.41 Å². The first-order valence-electron chi connectivity index (χ1n) is 7.76. The van der Waals surface area contributed by atoms with E-state index in [4.69, 9.17) is 23.2 Å². The van der Waals surface area contributed by atoms with Crippen molar-refractivity contribution >= 4 is 23.2 Å². The monoisotopic (exact) mass is 313 g/mol. The second-order valence-corrected chi connectivity index (χ2v) is 7.03. The first-order chi connectivity index (χ1) is 9.58. The highest BCUT2D eigenvalue weighted by atomic mass is 35.5. The van der Waals surface area contributed by atoms with Gasteiger partial charge in [-0.2, -0.15) is 0 Å². The van der Waals surface area contributed by atoms with Crippen molar-refractivity contribution in [3.63, 3.8) is 0 Å². The predicted octanol–water partition coefficient (Wildman–Crippen LogP) is 6.00. The summed E-state index contributed by atoms with van der Waals surface area (Å²) in [7, 11) is 0. The molecule has 1 aromatic rings. The Hall–Kier alpha value is -0.240. The van der Waals surface area contributed by atoms with Crippen molar-refractivity contribution in [3.05, 3.63) is 33.8 Å². The largest absolute Gasteiger partial charge is 0.309 e. The van der Waals surface area contributed by atoms with Crippen LogP contribution in [-0.2, 0) is 0 Å². The molecule has 1 fully saturated rings. The SMILES string of the molecule is CCCNC(c1cccc(Cl)c1Cl)C1(C)CCCCC1. The van der Waals surface area contributed by atoms with Crippen LogP contribution in [0.1, 0.15) is 64.0 Å². The lowest BCUT2D eigenvalue weighted by atomic mass is 9.68. The van der Waals surface area contributed by atoms with Crippen LogP contribution in [-0.4, -0.2) is 6.54 Å². The van der Waals surface area contributed by atoms with E-state index in [2.05, 4.69) is 25.2 Å². The zero-order valence-corrected chi connectivity index (χ0v) is 14.0. The Labute approximate surface area is 133 Å². The lowest BCUT2D eigenvalue weighted by molar-refractivity contribution is 0.145. The quantitative estimate of drug-likeness (QED) is 0.702. The molecule has 1 unspecified atom stereocenters. The summed E-state index contributed by atoms with van der Waals surface area (Å²) in [6.07, 6.45) is 7.65. The predicted molar refractivity (Wildman–Crippen MR) is 88.7 cm³/mol. The van der Waals surface area contributed by atoms with E-state index in [0.29, 0.717) is 11.1 Å². The number of rotatable bonds is 5. The molecule has 1 aliphatic carbocycles. The molecule has 1 N–H and O–H groups in total. The second kappa shape index (κ2) is 7.15. The van der Waals surface area contributed by atoms with Crippen LogP contribution >= 0.6 is 23.2 Å². The third-order valence-corrected chi connectivity index (χ3v) is 5.42. The summed E-state index contributed by atoms with van der Waals surface area (Å²) < 4.78 is 0. The van der Waals surface area contributed by atoms with Crippen molar-refractivity contribution < 1.29 is 0 Å². The average molecular weight is 314 g/mol. The highest BCUT2D eigenvalue weighted by Crippen LogP contribution is 2.47. The Morgan fingerprint density at radius 3 is 2.55 bits per heavy atom. The molecule has 0 amide bonds. The van der Waals surface area contributed by atoms with Crippen LogP contribution in [0.25, 0.3) is 0 Å². The van der Waals surface area contributed by atoms with E-state index in [1.54, 1.807) is 0 Å². The standard InChI is InChI=1S/C17H25Cl2N/c1-3-12-20-16(17(2)10-5-4-6-11-17)13-8-7-9-14(18)15(13)19/h7-9,16,20H,3-6,10-12H2,1-2H3. The first kappa shape index (κ1) is 16.1. The van der Waals surface area contributed by atoms with Crippen LogP contribution in [0.4, 0.5) is 0 Å². The molecule has 0 heterocycles. The van der Waals surface area contributed by atoms with Gasteiger partial charge in [-0.05, 0) is 42.9 Å². The Morgan fingerprint density at radius 1 is 1.20 bits per heavy atom. The summed E-state index contributed by atoms with van der Waals surface area (Å²) in [5, 5.41) is 5.10. The molecule has 2 rings (SSSR count). The Balaban J connectivity index is 2.33. The van der Waals surface area contributed by atoms with Gasteiger partial charge in [0.2, 0.25) is 0 Å². The van der Waals surface area contributed by atoms with E-state index >= 15 is 0 Å². The van der Waals surface area contributed by atoms with Gasteiger partial charge in [0.05, 0.1) is 10.0 Å². The highest BCUT2D eigenvalue weighted by Gasteiger charge is 2.37. The summed E-state index contributed by atoms with van der Waals surface area (Å²) in [6, 6.07) is 6.31. The lowest BCUT2D eigenvalue weighted by Gasteiger charge is -2.42. The van der Waals surface area contributed by atoms with E-state index in [0.717, 1.165) is 23.6 Å². The lowest BCUT2D eigenvalue weighted by Crippen LogP contribution is -2.38. The van der Waals surface area contributed by atoms with E-state index in [9.17, 15) is 0 Å². The molecule has 0 bridgehead atoms. The van der Waals surface area contributed by atoms with Crippen molar-refractivity contribution in [1.29, 1.82) is 0 Å². The van der Waals surface area contributed by atoms with Gasteiger partial charge in [0.15, 0.2) is 0 Å². The molecular formula is C17H25Cl2N. The summed E-state index contributed by atoms with van der Waals surface area (Å²) in [4.78, 5) is 0. The van der Waals surface area contributed by atoms with Gasteiger partial charge in [-0.3, -0.25) is 0 Å². The van der Waals surface area contributed by atoms with Gasteiger partial charge >= 0.3 is 0 Å². The molecule has 1 nitrogen and oxygen atoms in total. The molecule has 0 aromatic heterocycles. The van der Waals surface area contributed by atoms with Crippen molar-refractivity contribution in [2.45, 2.75) is 58.4 Å². The molecule has 1 atom stereocenters. The van der Waals surface area contributed by atoms with E-state index in [1.807, 2.05) is 12.1 Å². The number of nitrogens with one attached hydrogen (secondary N) is 1. The van der Waals surface area contributed by atoms with Crippen molar-refractivity contribution in [2.24, 2.45) is 5.41 Å². The maximum atomic E-state index is 6.48. The Morgan fingerprint density at radius 2 is 1.90 bits per heavy atom. The Bertz CT molecular complexity index is 439. The van der Waals surface area contributed by atoms with E-state index in [1.165, 1.54) is 32.1 Å². The fraction of sp³-hybridized carbons (Fsp3) is 0.647. The third-order valence-electron chi connectivity index (χ3n) is 4.58. The Kier molecular flexibility index (Phi) is 5.77. The van der Waals surface area contributed by atoms with Crippen molar-refractivity contribution in [3.8, 4) is 0 Å². The van der Waals surface area contributed by atoms with Crippen LogP contribution in [0.2, 0.25) is 10.0 Å². The summed E-state index contributed by atoms with van der Waals surface area (Å²) in [6.45, 7) is 5.62. The van der Waals surface area contributed by atoms with Gasteiger partial charge in [-0.25, -0.2) is 0 Å². The minimum absolute atomic E-state index is 0.280. The van der Waals surface area contributed by atoms with Gasteiger partial charge in [0, 0.05) is 6.04 Å². The van der Waals surface area contributed by atoms with Crippen LogP contribution in [0.5, 0.6) is 0 Å². The molecule has 20 heavy (non-hydrogen) atoms. The van der Waals surface area contributed by atoms with Gasteiger partial charge in [0.25, 0.3) is 0 Å². The van der Waals surface area contributed by atoms with Crippen LogP contribution in [0.3, 0.4) is 0 Å². The molecule has 1 aromatic carbocycles. The summed E-state index contributed by atoms with van der Waals surface area (Å²) in [5.74, 6) is 0. The number of hydrogen-bond acceptors (Lipinski definition) is 1. The maximum absolute atomic E-state index is 6.48. The zero-order valence-electron chi connectivity index (χ0n) is 12.5. The highest BCUT2D eigenvalue weighted by molar-refractivity contribution is 6.42. The summed E-state index contributed by atoms with van der Waals surface area (Å²) >= 11 is 12.7. The molecule has 0 radical (unpaired) electrons. The van der Waals surface area contributed by atoms with Crippen molar-refractivity contribution in [2.75, 3.05) is 6.54 Å². The molecular weight excluding hydrogens is 289 g/mol. The average Bonchev–Trinajstić information content (AvgIpc) is 2.44.